The molecular weight excluding hydrogens is 675 g/mol. The predicted molar refractivity (Wildman–Crippen MR) is 216 cm³/mol. The first-order valence-electron chi connectivity index (χ1n) is 17.5. The normalized spacial score (nSPS) is 15.0. The van der Waals surface area contributed by atoms with Gasteiger partial charge in [-0.1, -0.05) is 139 Å². The first kappa shape index (κ1) is 28.6. The van der Waals surface area contributed by atoms with Crippen LogP contribution in [-0.4, -0.2) is 4.98 Å². The summed E-state index contributed by atoms with van der Waals surface area (Å²) in [4.78, 5) is 11.1. The highest BCUT2D eigenvalue weighted by Crippen LogP contribution is 2.58. The maximum Gasteiger partial charge on any atom is 0.0798 e. The highest BCUT2D eigenvalue weighted by atomic mass is 32.2. The van der Waals surface area contributed by atoms with Gasteiger partial charge in [0.05, 0.1) is 17.3 Å². The summed E-state index contributed by atoms with van der Waals surface area (Å²) < 4.78 is 2.72. The number of rotatable bonds is 2. The minimum Gasteiger partial charge on any atom is -0.251 e. The average Bonchev–Trinajstić information content (AvgIpc) is 3.86. The molecule has 238 valence electrons. The monoisotopic (exact) mass is 701 g/mol. The van der Waals surface area contributed by atoms with Crippen LogP contribution in [0.3, 0.4) is 0 Å². The summed E-state index contributed by atoms with van der Waals surface area (Å²) in [6, 6.07) is 54.2. The minimum atomic E-state index is 0.0132. The molecule has 1 nitrogen and oxygen atoms in total. The quantitative estimate of drug-likeness (QED) is 0.178. The van der Waals surface area contributed by atoms with E-state index < -0.39 is 0 Å². The van der Waals surface area contributed by atoms with Crippen LogP contribution >= 0.6 is 34.9 Å². The molecule has 2 aliphatic carbocycles. The largest absolute Gasteiger partial charge is 0.251 e. The first-order chi connectivity index (χ1) is 25.3. The van der Waals surface area contributed by atoms with Crippen LogP contribution in [0.5, 0.6) is 0 Å². The number of thiophene rings is 1. The molecule has 1 unspecified atom stereocenters. The van der Waals surface area contributed by atoms with E-state index in [0.29, 0.717) is 0 Å². The summed E-state index contributed by atoms with van der Waals surface area (Å²) in [5.74, 6) is 0.0132. The Hall–Kier alpha value is -5.13. The van der Waals surface area contributed by atoms with Crippen LogP contribution in [0.15, 0.2) is 165 Å². The van der Waals surface area contributed by atoms with Crippen molar-refractivity contribution in [1.82, 2.24) is 4.98 Å². The summed E-state index contributed by atoms with van der Waals surface area (Å²) in [6.45, 7) is 0. The lowest BCUT2D eigenvalue weighted by Gasteiger charge is -2.23. The molecule has 1 atom stereocenters. The lowest BCUT2D eigenvalue weighted by atomic mass is 9.86. The van der Waals surface area contributed by atoms with Crippen LogP contribution in [0.1, 0.15) is 33.9 Å². The Bertz CT molecular complexity index is 2970. The molecule has 0 fully saturated rings. The van der Waals surface area contributed by atoms with E-state index in [1.54, 1.807) is 0 Å². The fourth-order valence-corrected chi connectivity index (χ4v) is 12.6. The molecule has 3 heterocycles. The van der Waals surface area contributed by atoms with Gasteiger partial charge in [0.1, 0.15) is 0 Å². The van der Waals surface area contributed by atoms with E-state index in [2.05, 4.69) is 146 Å². The maximum atomic E-state index is 5.87. The zero-order chi connectivity index (χ0) is 33.2. The lowest BCUT2D eigenvalue weighted by molar-refractivity contribution is 0.949. The second kappa shape index (κ2) is 10.7. The van der Waals surface area contributed by atoms with Gasteiger partial charge in [0.15, 0.2) is 0 Å². The number of hydrogen-bond donors (Lipinski definition) is 0. The third kappa shape index (κ3) is 3.98. The number of aromatic nitrogens is 1. The molecule has 0 N–H and O–H groups in total. The van der Waals surface area contributed by atoms with Crippen LogP contribution in [0.2, 0.25) is 0 Å². The SMILES string of the molecule is c1ccc2c(c1)Cc1cc(C3c4ccccc4-c4c3c3ccccc3c3sc5ccccc5c43)nc(-c3cccc4c3Sc3ccccc3S4)c1-2. The van der Waals surface area contributed by atoms with Crippen molar-refractivity contribution in [1.29, 1.82) is 0 Å². The molecule has 51 heavy (non-hydrogen) atoms. The van der Waals surface area contributed by atoms with Gasteiger partial charge >= 0.3 is 0 Å². The van der Waals surface area contributed by atoms with Crippen molar-refractivity contribution in [2.75, 3.05) is 0 Å². The van der Waals surface area contributed by atoms with Crippen LogP contribution in [0, 0.1) is 0 Å². The molecule has 0 saturated carbocycles. The van der Waals surface area contributed by atoms with Crippen molar-refractivity contribution in [3.63, 3.8) is 0 Å². The van der Waals surface area contributed by atoms with Gasteiger partial charge in [0, 0.05) is 50.9 Å². The van der Waals surface area contributed by atoms with E-state index in [0.717, 1.165) is 17.8 Å². The van der Waals surface area contributed by atoms with Crippen molar-refractivity contribution < 1.29 is 0 Å². The van der Waals surface area contributed by atoms with Crippen molar-refractivity contribution in [3.05, 3.63) is 174 Å². The third-order valence-corrected chi connectivity index (χ3v) is 14.8. The van der Waals surface area contributed by atoms with Gasteiger partial charge in [0.25, 0.3) is 0 Å². The number of benzene rings is 7. The Labute approximate surface area is 308 Å². The Balaban J connectivity index is 1.17. The van der Waals surface area contributed by atoms with E-state index in [1.165, 1.54) is 101 Å². The van der Waals surface area contributed by atoms with Gasteiger partial charge in [-0.3, -0.25) is 4.98 Å². The first-order valence-corrected chi connectivity index (χ1v) is 19.9. The zero-order valence-corrected chi connectivity index (χ0v) is 29.8. The van der Waals surface area contributed by atoms with Gasteiger partial charge in [-0.15, -0.1) is 11.3 Å². The van der Waals surface area contributed by atoms with Crippen molar-refractivity contribution in [3.8, 4) is 33.5 Å². The molecule has 0 radical (unpaired) electrons. The van der Waals surface area contributed by atoms with Crippen molar-refractivity contribution in [2.45, 2.75) is 31.9 Å². The van der Waals surface area contributed by atoms with Crippen molar-refractivity contribution in [2.24, 2.45) is 0 Å². The minimum absolute atomic E-state index is 0.0132. The summed E-state index contributed by atoms with van der Waals surface area (Å²) >= 11 is 5.70. The zero-order valence-electron chi connectivity index (χ0n) is 27.3. The molecule has 0 saturated heterocycles. The lowest BCUT2D eigenvalue weighted by Crippen LogP contribution is -2.06. The van der Waals surface area contributed by atoms with E-state index in [4.69, 9.17) is 4.98 Å². The number of fused-ring (bicyclic) bond motifs is 15. The highest BCUT2D eigenvalue weighted by Gasteiger charge is 2.37. The van der Waals surface area contributed by atoms with Crippen molar-refractivity contribution >= 4 is 65.8 Å². The van der Waals surface area contributed by atoms with E-state index >= 15 is 0 Å². The molecule has 0 amide bonds. The summed E-state index contributed by atoms with van der Waals surface area (Å²) in [7, 11) is 0. The number of pyridine rings is 1. The fraction of sp³-hybridized carbons (Fsp3) is 0.0426. The molecule has 4 heteroatoms. The smallest absolute Gasteiger partial charge is 0.0798 e. The summed E-state index contributed by atoms with van der Waals surface area (Å²) in [5, 5.41) is 5.40. The van der Waals surface area contributed by atoms with Gasteiger partial charge in [-0.2, -0.15) is 0 Å². The fourth-order valence-electron chi connectivity index (χ4n) is 8.95. The van der Waals surface area contributed by atoms with Gasteiger partial charge in [-0.05, 0) is 86.5 Å². The summed E-state index contributed by atoms with van der Waals surface area (Å²) in [6.07, 6.45) is 0.921. The third-order valence-electron chi connectivity index (χ3n) is 11.0. The molecule has 2 aromatic heterocycles. The molecule has 0 spiro atoms. The average molecular weight is 702 g/mol. The van der Waals surface area contributed by atoms with Gasteiger partial charge < -0.3 is 0 Å². The van der Waals surface area contributed by atoms with Crippen LogP contribution in [0.25, 0.3) is 64.5 Å². The van der Waals surface area contributed by atoms with Crippen LogP contribution in [0.4, 0.5) is 0 Å². The molecule has 1 aliphatic heterocycles. The van der Waals surface area contributed by atoms with Gasteiger partial charge in [0.2, 0.25) is 0 Å². The van der Waals surface area contributed by atoms with E-state index in [9.17, 15) is 0 Å². The molecular formula is C47H27NS3. The Morgan fingerprint density at radius 2 is 1.22 bits per heavy atom. The Morgan fingerprint density at radius 3 is 2.12 bits per heavy atom. The second-order valence-corrected chi connectivity index (χ2v) is 16.9. The van der Waals surface area contributed by atoms with Crippen LogP contribution < -0.4 is 0 Å². The van der Waals surface area contributed by atoms with Crippen LogP contribution in [-0.2, 0) is 6.42 Å². The number of nitrogens with zero attached hydrogens (tertiary/aromatic N) is 1. The molecule has 9 aromatic rings. The second-order valence-electron chi connectivity index (χ2n) is 13.7. The number of hydrogen-bond acceptors (Lipinski definition) is 4. The van der Waals surface area contributed by atoms with E-state index in [-0.39, 0.29) is 5.92 Å². The molecule has 7 aromatic carbocycles. The highest BCUT2D eigenvalue weighted by molar-refractivity contribution is 8.05. The molecule has 12 rings (SSSR count). The maximum absolute atomic E-state index is 5.87. The topological polar surface area (TPSA) is 12.9 Å². The van der Waals surface area contributed by atoms with Gasteiger partial charge in [-0.25, -0.2) is 0 Å². The Kier molecular flexibility index (Phi) is 5.99. The van der Waals surface area contributed by atoms with E-state index in [1.807, 2.05) is 34.9 Å². The Morgan fingerprint density at radius 1 is 0.529 bits per heavy atom. The standard InChI is InChI=1S/C47H27NS3/c1-2-13-28-26(12-1)24-27-25-35(48-45(40(27)28)34-19-11-23-39-46(34)51-38-22-10-9-21-37(38)49-39)41-29-14-3-4-15-30(29)43-42(41)31-16-5-6-17-32(31)47-44(43)33-18-7-8-20-36(33)50-47/h1-23,25,41H,24H2. The molecule has 3 aliphatic rings. The summed E-state index contributed by atoms with van der Waals surface area (Å²) in [5.41, 5.74) is 14.3. The molecule has 0 bridgehead atoms. The predicted octanol–water partition coefficient (Wildman–Crippen LogP) is 13.6.